The van der Waals surface area contributed by atoms with Crippen molar-refractivity contribution in [3.05, 3.63) is 22.4 Å². The highest BCUT2D eigenvalue weighted by molar-refractivity contribution is 7.07. The summed E-state index contributed by atoms with van der Waals surface area (Å²) < 4.78 is 0. The smallest absolute Gasteiger partial charge is 0.0621 e. The van der Waals surface area contributed by atoms with E-state index in [1.165, 1.54) is 5.56 Å². The van der Waals surface area contributed by atoms with Gasteiger partial charge in [-0.3, -0.25) is 0 Å². The van der Waals surface area contributed by atoms with Crippen LogP contribution in [0.4, 0.5) is 0 Å². The van der Waals surface area contributed by atoms with Crippen LogP contribution in [0.15, 0.2) is 16.8 Å². The van der Waals surface area contributed by atoms with E-state index in [1.54, 1.807) is 11.3 Å². The van der Waals surface area contributed by atoms with Gasteiger partial charge in [-0.05, 0) is 41.1 Å². The molecule has 0 saturated carbocycles. The third kappa shape index (κ3) is 4.34. The zero-order valence-electron chi connectivity index (χ0n) is 10.3. The monoisotopic (exact) mass is 236 g/mol. The van der Waals surface area contributed by atoms with Crippen molar-refractivity contribution in [2.45, 2.75) is 39.7 Å². The van der Waals surface area contributed by atoms with Crippen molar-refractivity contribution in [1.82, 2.24) is 5.32 Å². The predicted molar refractivity (Wildman–Crippen MR) is 69.4 cm³/mol. The fraction of sp³-hybridized carbons (Fsp3) is 0.615. The highest BCUT2D eigenvalue weighted by Gasteiger charge is 2.18. The molecule has 88 valence electrons. The van der Waals surface area contributed by atoms with E-state index in [4.69, 9.17) is 5.26 Å². The second kappa shape index (κ2) is 6.03. The molecule has 1 atom stereocenters. The van der Waals surface area contributed by atoms with Crippen molar-refractivity contribution in [2.75, 3.05) is 6.54 Å². The van der Waals surface area contributed by atoms with Crippen LogP contribution in [0.25, 0.3) is 0 Å². The Bertz CT molecular complexity index is 335. The molecule has 0 fully saturated rings. The zero-order chi connectivity index (χ0) is 12.0. The average Bonchev–Trinajstić information content (AvgIpc) is 2.77. The van der Waals surface area contributed by atoms with Crippen LogP contribution in [0.3, 0.4) is 0 Å². The van der Waals surface area contributed by atoms with Gasteiger partial charge in [0.1, 0.15) is 0 Å². The van der Waals surface area contributed by atoms with Crippen molar-refractivity contribution in [2.24, 2.45) is 5.41 Å². The summed E-state index contributed by atoms with van der Waals surface area (Å²) in [4.78, 5) is 0. The molecule has 0 radical (unpaired) electrons. The van der Waals surface area contributed by atoms with E-state index >= 15 is 0 Å². The molecule has 0 aliphatic rings. The van der Waals surface area contributed by atoms with Gasteiger partial charge in [0.2, 0.25) is 0 Å². The van der Waals surface area contributed by atoms with Crippen LogP contribution in [-0.4, -0.2) is 6.54 Å². The van der Waals surface area contributed by atoms with Gasteiger partial charge in [0.25, 0.3) is 0 Å². The van der Waals surface area contributed by atoms with E-state index in [-0.39, 0.29) is 5.41 Å². The molecule has 1 rings (SSSR count). The maximum Gasteiger partial charge on any atom is 0.0621 e. The van der Waals surface area contributed by atoms with Crippen LogP contribution in [0, 0.1) is 16.7 Å². The van der Waals surface area contributed by atoms with E-state index in [1.807, 2.05) is 0 Å². The van der Waals surface area contributed by atoms with E-state index in [0.717, 1.165) is 13.0 Å². The number of nitrogens with zero attached hydrogens (tertiary/aromatic N) is 1. The maximum absolute atomic E-state index is 8.59. The highest BCUT2D eigenvalue weighted by atomic mass is 32.1. The third-order valence-corrected chi connectivity index (χ3v) is 3.55. The van der Waals surface area contributed by atoms with Gasteiger partial charge in [0.15, 0.2) is 0 Å². The largest absolute Gasteiger partial charge is 0.310 e. The molecule has 0 spiro atoms. The lowest BCUT2D eigenvalue weighted by molar-refractivity contribution is 0.305. The van der Waals surface area contributed by atoms with E-state index in [2.05, 4.69) is 49.0 Å². The van der Waals surface area contributed by atoms with Gasteiger partial charge in [-0.1, -0.05) is 13.8 Å². The van der Waals surface area contributed by atoms with E-state index < -0.39 is 0 Å². The normalized spacial score (nSPS) is 13.4. The summed E-state index contributed by atoms with van der Waals surface area (Å²) in [5, 5.41) is 16.4. The Morgan fingerprint density at radius 1 is 1.56 bits per heavy atom. The van der Waals surface area contributed by atoms with E-state index in [0.29, 0.717) is 12.5 Å². The fourth-order valence-electron chi connectivity index (χ4n) is 1.55. The molecule has 16 heavy (non-hydrogen) atoms. The van der Waals surface area contributed by atoms with Gasteiger partial charge >= 0.3 is 0 Å². The Kier molecular flexibility index (Phi) is 4.98. The number of nitriles is 1. The summed E-state index contributed by atoms with van der Waals surface area (Å²) in [6.07, 6.45) is 1.59. The van der Waals surface area contributed by atoms with Gasteiger partial charge in [-0.25, -0.2) is 0 Å². The maximum atomic E-state index is 8.59. The molecule has 2 nitrogen and oxygen atoms in total. The quantitative estimate of drug-likeness (QED) is 0.817. The molecule has 0 amide bonds. The molecule has 0 aliphatic carbocycles. The Hall–Kier alpha value is -0.850. The second-order valence-electron chi connectivity index (χ2n) is 4.98. The van der Waals surface area contributed by atoms with Crippen molar-refractivity contribution in [1.29, 1.82) is 5.26 Å². The Morgan fingerprint density at radius 2 is 2.31 bits per heavy atom. The highest BCUT2D eigenvalue weighted by Crippen LogP contribution is 2.23. The van der Waals surface area contributed by atoms with Crippen LogP contribution in [0.2, 0.25) is 0 Å². The number of nitrogens with one attached hydrogen (secondary N) is 1. The summed E-state index contributed by atoms with van der Waals surface area (Å²) in [7, 11) is 0. The van der Waals surface area contributed by atoms with Crippen molar-refractivity contribution >= 4 is 11.3 Å². The van der Waals surface area contributed by atoms with Crippen LogP contribution in [0.1, 0.15) is 45.2 Å². The molecule has 0 bridgehead atoms. The molecular formula is C13H20N2S. The van der Waals surface area contributed by atoms with Crippen LogP contribution >= 0.6 is 11.3 Å². The predicted octanol–water partition coefficient (Wildman–Crippen LogP) is 3.73. The van der Waals surface area contributed by atoms with E-state index in [9.17, 15) is 0 Å². The summed E-state index contributed by atoms with van der Waals surface area (Å²) in [6.45, 7) is 7.55. The lowest BCUT2D eigenvalue weighted by Crippen LogP contribution is -2.31. The molecule has 0 aromatic carbocycles. The first-order valence-corrected chi connectivity index (χ1v) is 6.62. The molecule has 0 aliphatic heterocycles. The molecule has 1 N–H and O–H groups in total. The Balaban J connectivity index is 2.36. The molecule has 1 aromatic rings. The minimum Gasteiger partial charge on any atom is -0.310 e. The van der Waals surface area contributed by atoms with Gasteiger partial charge in [-0.15, -0.1) is 0 Å². The summed E-state index contributed by atoms with van der Waals surface area (Å²) >= 11 is 1.73. The standard InChI is InChI=1S/C13H20N2S/c1-11(12-5-8-16-9-12)15-10-13(2,3)6-4-7-14/h5,8-9,11,15H,4,6,10H2,1-3H3. The zero-order valence-corrected chi connectivity index (χ0v) is 11.1. The Labute approximate surface area is 102 Å². The minimum atomic E-state index is 0.194. The minimum absolute atomic E-state index is 0.194. The molecule has 1 unspecified atom stereocenters. The van der Waals surface area contributed by atoms with Gasteiger partial charge < -0.3 is 5.32 Å². The topological polar surface area (TPSA) is 35.8 Å². The third-order valence-electron chi connectivity index (χ3n) is 2.84. The van der Waals surface area contributed by atoms with Crippen LogP contribution in [-0.2, 0) is 0 Å². The summed E-state index contributed by atoms with van der Waals surface area (Å²) in [5.41, 5.74) is 1.54. The first kappa shape index (κ1) is 13.2. The van der Waals surface area contributed by atoms with Gasteiger partial charge in [0.05, 0.1) is 6.07 Å². The number of hydrogen-bond acceptors (Lipinski definition) is 3. The lowest BCUT2D eigenvalue weighted by Gasteiger charge is -2.26. The first-order valence-electron chi connectivity index (χ1n) is 5.67. The lowest BCUT2D eigenvalue weighted by atomic mass is 9.87. The number of rotatable bonds is 6. The van der Waals surface area contributed by atoms with Crippen LogP contribution < -0.4 is 5.32 Å². The SMILES string of the molecule is CC(NCC(C)(C)CCC#N)c1ccsc1. The summed E-state index contributed by atoms with van der Waals surface area (Å²) in [5.74, 6) is 0. The van der Waals surface area contributed by atoms with Gasteiger partial charge in [0, 0.05) is 19.0 Å². The fourth-order valence-corrected chi connectivity index (χ4v) is 2.31. The van der Waals surface area contributed by atoms with Crippen molar-refractivity contribution in [3.63, 3.8) is 0 Å². The molecule has 3 heteroatoms. The first-order chi connectivity index (χ1) is 7.55. The van der Waals surface area contributed by atoms with Crippen molar-refractivity contribution in [3.8, 4) is 6.07 Å². The second-order valence-corrected chi connectivity index (χ2v) is 5.76. The summed E-state index contributed by atoms with van der Waals surface area (Å²) in [6, 6.07) is 4.77. The van der Waals surface area contributed by atoms with Crippen molar-refractivity contribution < 1.29 is 0 Å². The molecule has 0 saturated heterocycles. The van der Waals surface area contributed by atoms with Crippen LogP contribution in [0.5, 0.6) is 0 Å². The molecule has 1 heterocycles. The number of hydrogen-bond donors (Lipinski definition) is 1. The van der Waals surface area contributed by atoms with Gasteiger partial charge in [-0.2, -0.15) is 16.6 Å². The Morgan fingerprint density at radius 3 is 2.88 bits per heavy atom. The molecule has 1 aromatic heterocycles. The average molecular weight is 236 g/mol. The molecular weight excluding hydrogens is 216 g/mol. The number of thiophene rings is 1.